The predicted molar refractivity (Wildman–Crippen MR) is 134 cm³/mol. The van der Waals surface area contributed by atoms with Crippen LogP contribution in [-0.4, -0.2) is 56.7 Å². The van der Waals surface area contributed by atoms with Gasteiger partial charge in [0.2, 0.25) is 5.91 Å². The van der Waals surface area contributed by atoms with Crippen molar-refractivity contribution in [3.05, 3.63) is 52.6 Å². The summed E-state index contributed by atoms with van der Waals surface area (Å²) >= 11 is 0. The van der Waals surface area contributed by atoms with Crippen molar-refractivity contribution in [2.75, 3.05) is 31.2 Å². The molecule has 6 rings (SSSR count). The van der Waals surface area contributed by atoms with Crippen molar-refractivity contribution in [3.8, 4) is 0 Å². The summed E-state index contributed by atoms with van der Waals surface area (Å²) in [5.41, 5.74) is 6.59. The van der Waals surface area contributed by atoms with Crippen molar-refractivity contribution in [1.82, 2.24) is 24.5 Å². The van der Waals surface area contributed by atoms with E-state index in [1.807, 2.05) is 22.8 Å². The molecule has 3 aliphatic heterocycles. The van der Waals surface area contributed by atoms with Gasteiger partial charge in [-0.1, -0.05) is 19.9 Å². The van der Waals surface area contributed by atoms with Crippen LogP contribution in [0.3, 0.4) is 0 Å². The minimum atomic E-state index is 0.135. The highest BCUT2D eigenvalue weighted by molar-refractivity contribution is 5.74. The van der Waals surface area contributed by atoms with Gasteiger partial charge in [0.25, 0.3) is 0 Å². The van der Waals surface area contributed by atoms with Crippen LogP contribution in [0.4, 0.5) is 5.82 Å². The second-order valence-electron chi connectivity index (χ2n) is 10.7. The molecule has 8 nitrogen and oxygen atoms in total. The Hall–Kier alpha value is -2.87. The quantitative estimate of drug-likeness (QED) is 0.678. The first-order valence-electron chi connectivity index (χ1n) is 13.0. The van der Waals surface area contributed by atoms with Gasteiger partial charge in [-0.05, 0) is 41.9 Å². The Kier molecular flexibility index (Phi) is 5.59. The Morgan fingerprint density at radius 3 is 2.77 bits per heavy atom. The third-order valence-electron chi connectivity index (χ3n) is 8.52. The van der Waals surface area contributed by atoms with Crippen molar-refractivity contribution in [2.24, 2.45) is 18.9 Å². The third kappa shape index (κ3) is 3.73. The molecule has 1 amide bonds. The number of aryl methyl sites for hydroxylation is 1. The summed E-state index contributed by atoms with van der Waals surface area (Å²) in [6, 6.07) is 0.286. The normalized spacial score (nSPS) is 28.5. The fourth-order valence-corrected chi connectivity index (χ4v) is 6.59. The van der Waals surface area contributed by atoms with Crippen LogP contribution in [0.2, 0.25) is 0 Å². The summed E-state index contributed by atoms with van der Waals surface area (Å²) in [7, 11) is 1.98. The molecule has 0 bridgehead atoms. The maximum absolute atomic E-state index is 12.3. The van der Waals surface area contributed by atoms with E-state index in [0.717, 1.165) is 51.4 Å². The van der Waals surface area contributed by atoms with Crippen LogP contribution < -0.4 is 4.90 Å². The molecule has 0 saturated carbocycles. The number of amides is 1. The van der Waals surface area contributed by atoms with E-state index in [9.17, 15) is 4.79 Å². The average Bonchev–Trinajstić information content (AvgIpc) is 3.59. The van der Waals surface area contributed by atoms with Gasteiger partial charge in [0.15, 0.2) is 5.82 Å². The summed E-state index contributed by atoms with van der Waals surface area (Å²) in [6.07, 6.45) is 11.8. The van der Waals surface area contributed by atoms with Crippen LogP contribution in [0.15, 0.2) is 35.8 Å². The molecule has 0 N–H and O–H groups in total. The van der Waals surface area contributed by atoms with Gasteiger partial charge in [-0.15, -0.1) is 0 Å². The Morgan fingerprint density at radius 2 is 2.06 bits per heavy atom. The van der Waals surface area contributed by atoms with E-state index in [1.165, 1.54) is 28.1 Å². The number of ether oxygens (including phenoxy) is 1. The number of carbonyl (C=O) groups is 1. The van der Waals surface area contributed by atoms with E-state index in [4.69, 9.17) is 9.84 Å². The first-order valence-corrected chi connectivity index (χ1v) is 13.0. The van der Waals surface area contributed by atoms with Crippen molar-refractivity contribution in [1.29, 1.82) is 0 Å². The summed E-state index contributed by atoms with van der Waals surface area (Å²) in [6.45, 7) is 10.3. The SMILES string of the molecule is CC(=O)N1CCc2c(c(N3CCC(C)C4=C3C=CC(c3cnn(C)c3)C4C)nn2[C@H]2CCOC2)C1. The van der Waals surface area contributed by atoms with Gasteiger partial charge in [-0.3, -0.25) is 14.2 Å². The molecule has 3 unspecified atom stereocenters. The Bertz CT molecular complexity index is 1200. The number of fused-ring (bicyclic) bond motifs is 1. The van der Waals surface area contributed by atoms with E-state index in [0.29, 0.717) is 24.3 Å². The lowest BCUT2D eigenvalue weighted by Gasteiger charge is -2.41. The van der Waals surface area contributed by atoms with Crippen LogP contribution in [0, 0.1) is 11.8 Å². The molecule has 0 aromatic carbocycles. The van der Waals surface area contributed by atoms with Crippen LogP contribution >= 0.6 is 0 Å². The molecule has 5 heterocycles. The molecular formula is C27H36N6O2. The topological polar surface area (TPSA) is 68.4 Å². The predicted octanol–water partition coefficient (Wildman–Crippen LogP) is 3.57. The molecule has 1 fully saturated rings. The number of nitrogens with zero attached hydrogens (tertiary/aromatic N) is 6. The second kappa shape index (κ2) is 8.66. The first-order chi connectivity index (χ1) is 16.9. The molecule has 8 heteroatoms. The second-order valence-corrected chi connectivity index (χ2v) is 10.7. The van der Waals surface area contributed by atoms with Crippen LogP contribution in [0.1, 0.15) is 62.4 Å². The van der Waals surface area contributed by atoms with E-state index in [-0.39, 0.29) is 11.9 Å². The zero-order valence-electron chi connectivity index (χ0n) is 21.3. The van der Waals surface area contributed by atoms with Gasteiger partial charge < -0.3 is 14.5 Å². The average molecular weight is 477 g/mol. The highest BCUT2D eigenvalue weighted by Gasteiger charge is 2.38. The maximum atomic E-state index is 12.3. The molecule has 4 atom stereocenters. The van der Waals surface area contributed by atoms with Crippen LogP contribution in [-0.2, 0) is 29.5 Å². The lowest BCUT2D eigenvalue weighted by molar-refractivity contribution is -0.129. The number of hydrogen-bond acceptors (Lipinski definition) is 5. The fourth-order valence-electron chi connectivity index (χ4n) is 6.59. The van der Waals surface area contributed by atoms with Gasteiger partial charge in [0, 0.05) is 69.2 Å². The molecule has 1 aliphatic carbocycles. The summed E-state index contributed by atoms with van der Waals surface area (Å²) in [4.78, 5) is 16.7. The molecule has 0 spiro atoms. The lowest BCUT2D eigenvalue weighted by Crippen LogP contribution is -2.38. The maximum Gasteiger partial charge on any atom is 0.219 e. The van der Waals surface area contributed by atoms with E-state index >= 15 is 0 Å². The molecule has 2 aromatic heterocycles. The Morgan fingerprint density at radius 1 is 1.20 bits per heavy atom. The smallest absolute Gasteiger partial charge is 0.219 e. The molecule has 186 valence electrons. The largest absolute Gasteiger partial charge is 0.379 e. The summed E-state index contributed by atoms with van der Waals surface area (Å²) < 4.78 is 9.85. The molecular weight excluding hydrogens is 440 g/mol. The van der Waals surface area contributed by atoms with Crippen molar-refractivity contribution in [2.45, 2.75) is 58.5 Å². The molecule has 4 aliphatic rings. The number of aromatic nitrogens is 4. The van der Waals surface area contributed by atoms with Crippen molar-refractivity contribution >= 4 is 11.7 Å². The number of hydrogen-bond donors (Lipinski definition) is 0. The first kappa shape index (κ1) is 22.6. The zero-order chi connectivity index (χ0) is 24.3. The monoisotopic (exact) mass is 476 g/mol. The highest BCUT2D eigenvalue weighted by Crippen LogP contribution is 2.46. The molecule has 1 saturated heterocycles. The number of rotatable bonds is 3. The van der Waals surface area contributed by atoms with E-state index in [1.54, 1.807) is 6.92 Å². The molecule has 0 radical (unpaired) electrons. The Balaban J connectivity index is 1.42. The van der Waals surface area contributed by atoms with Gasteiger partial charge in [-0.2, -0.15) is 10.2 Å². The van der Waals surface area contributed by atoms with Crippen molar-refractivity contribution in [3.63, 3.8) is 0 Å². The highest BCUT2D eigenvalue weighted by atomic mass is 16.5. The standard InChI is InChI=1S/C27H36N6O2/c1-17-7-11-32(25-6-5-22(18(2)26(17)25)20-13-28-30(4)14-20)27-23-15-31(19(3)34)10-8-24(23)33(29-27)21-9-12-35-16-21/h5-6,13-14,17-18,21-22H,7-12,15-16H2,1-4H3/t17?,18?,21-,22?/m0/s1. The molecule has 35 heavy (non-hydrogen) atoms. The minimum absolute atomic E-state index is 0.135. The van der Waals surface area contributed by atoms with Gasteiger partial charge in [0.05, 0.1) is 25.4 Å². The minimum Gasteiger partial charge on any atom is -0.379 e. The lowest BCUT2D eigenvalue weighted by atomic mass is 9.72. The fraction of sp³-hybridized carbons (Fsp3) is 0.593. The summed E-state index contributed by atoms with van der Waals surface area (Å²) in [5, 5.41) is 9.68. The summed E-state index contributed by atoms with van der Waals surface area (Å²) in [5.74, 6) is 2.42. The van der Waals surface area contributed by atoms with Gasteiger partial charge in [-0.25, -0.2) is 0 Å². The van der Waals surface area contributed by atoms with Crippen molar-refractivity contribution < 1.29 is 9.53 Å². The zero-order valence-corrected chi connectivity index (χ0v) is 21.3. The third-order valence-corrected chi connectivity index (χ3v) is 8.52. The van der Waals surface area contributed by atoms with Gasteiger partial charge in [0.1, 0.15) is 0 Å². The van der Waals surface area contributed by atoms with Crippen LogP contribution in [0.5, 0.6) is 0 Å². The van der Waals surface area contributed by atoms with E-state index in [2.05, 4.69) is 46.9 Å². The van der Waals surface area contributed by atoms with Gasteiger partial charge >= 0.3 is 0 Å². The number of allylic oxidation sites excluding steroid dienone is 3. The number of carbonyl (C=O) groups excluding carboxylic acids is 1. The molecule has 2 aromatic rings. The van der Waals surface area contributed by atoms with E-state index < -0.39 is 0 Å². The van der Waals surface area contributed by atoms with Crippen LogP contribution in [0.25, 0.3) is 0 Å². The Labute approximate surface area is 207 Å². The number of anilines is 1.